The largest absolute Gasteiger partial charge is 0.867 e. The van der Waals surface area contributed by atoms with Crippen LogP contribution >= 0.6 is 11.6 Å². The molecule has 130 valence electrons. The zero-order valence-electron chi connectivity index (χ0n) is 13.3. The predicted molar refractivity (Wildman–Crippen MR) is 91.0 cm³/mol. The first-order valence-electron chi connectivity index (χ1n) is 7.53. The molecule has 0 radical (unpaired) electrons. The summed E-state index contributed by atoms with van der Waals surface area (Å²) in [6.45, 7) is 2.84. The summed E-state index contributed by atoms with van der Waals surface area (Å²) in [5.41, 5.74) is 0.369. The van der Waals surface area contributed by atoms with Gasteiger partial charge in [-0.05, 0) is 42.0 Å². The molecule has 0 fully saturated rings. The number of nitro benzene ring substituents is 1. The maximum atomic E-state index is 12.1. The summed E-state index contributed by atoms with van der Waals surface area (Å²) in [4.78, 5) is 14.5. The highest BCUT2D eigenvalue weighted by Crippen LogP contribution is 2.34. The Hall–Kier alpha value is -2.80. The third-order valence-electron chi connectivity index (χ3n) is 3.75. The molecular formula is C17H14ClN2O5-. The van der Waals surface area contributed by atoms with Crippen molar-refractivity contribution in [3.05, 3.63) is 56.6 Å². The molecule has 0 aromatic heterocycles. The fourth-order valence-corrected chi connectivity index (χ4v) is 2.65. The number of halogens is 1. The molecule has 1 heterocycles. The van der Waals surface area contributed by atoms with E-state index in [2.05, 4.69) is 4.99 Å². The molecule has 0 amide bonds. The van der Waals surface area contributed by atoms with Crippen molar-refractivity contribution >= 4 is 23.5 Å². The van der Waals surface area contributed by atoms with Crippen molar-refractivity contribution in [2.24, 2.45) is 4.99 Å². The highest BCUT2D eigenvalue weighted by molar-refractivity contribution is 6.31. The molecule has 1 aliphatic heterocycles. The van der Waals surface area contributed by atoms with E-state index in [4.69, 9.17) is 21.1 Å². The van der Waals surface area contributed by atoms with E-state index in [0.717, 1.165) is 11.6 Å². The number of fused-ring (bicyclic) bond motifs is 1. The second kappa shape index (κ2) is 6.98. The second-order valence-corrected chi connectivity index (χ2v) is 5.89. The molecule has 0 spiro atoms. The highest BCUT2D eigenvalue weighted by Gasteiger charge is 2.15. The Balaban J connectivity index is 1.86. The van der Waals surface area contributed by atoms with Gasteiger partial charge in [-0.3, -0.25) is 15.1 Å². The standard InChI is InChI=1S/C17H15ClN2O5/c1-10(11-2-3-15-16(7-11)25-5-4-24-15)19-9-12-6-13(18)8-14(17(12)21)20(22)23/h2-3,6-10,21H,4-5H2,1H3/p-1/t10-/m1/s1. The zero-order chi connectivity index (χ0) is 18.0. The van der Waals surface area contributed by atoms with Gasteiger partial charge in [0, 0.05) is 17.3 Å². The second-order valence-electron chi connectivity index (χ2n) is 5.46. The number of nitrogens with zero attached hydrogens (tertiary/aromatic N) is 2. The minimum Gasteiger partial charge on any atom is -0.867 e. The molecule has 8 heteroatoms. The minimum absolute atomic E-state index is 0.0728. The summed E-state index contributed by atoms with van der Waals surface area (Å²) in [5, 5.41) is 23.1. The average molecular weight is 362 g/mol. The molecule has 1 atom stereocenters. The van der Waals surface area contributed by atoms with Crippen molar-refractivity contribution in [2.75, 3.05) is 13.2 Å². The molecule has 3 rings (SSSR count). The Labute approximate surface area is 148 Å². The molecule has 2 aromatic carbocycles. The quantitative estimate of drug-likeness (QED) is 0.473. The van der Waals surface area contributed by atoms with Crippen LogP contribution in [0.3, 0.4) is 0 Å². The lowest BCUT2D eigenvalue weighted by Crippen LogP contribution is -2.15. The van der Waals surface area contributed by atoms with E-state index in [1.54, 1.807) is 6.07 Å². The molecule has 0 bridgehead atoms. The Morgan fingerprint density at radius 3 is 2.68 bits per heavy atom. The van der Waals surface area contributed by atoms with E-state index in [1.807, 2.05) is 19.1 Å². The van der Waals surface area contributed by atoms with Gasteiger partial charge < -0.3 is 14.6 Å². The van der Waals surface area contributed by atoms with Gasteiger partial charge in [0.15, 0.2) is 11.5 Å². The van der Waals surface area contributed by atoms with Crippen molar-refractivity contribution < 1.29 is 19.5 Å². The van der Waals surface area contributed by atoms with Gasteiger partial charge in [-0.25, -0.2) is 0 Å². The number of nitro groups is 1. The monoisotopic (exact) mass is 361 g/mol. The van der Waals surface area contributed by atoms with Gasteiger partial charge in [0.1, 0.15) is 13.2 Å². The van der Waals surface area contributed by atoms with Crippen molar-refractivity contribution in [1.29, 1.82) is 0 Å². The number of aliphatic imine (C=N–C) groups is 1. The Bertz CT molecular complexity index is 853. The van der Waals surface area contributed by atoms with Crippen molar-refractivity contribution in [3.8, 4) is 17.2 Å². The first-order valence-corrected chi connectivity index (χ1v) is 7.91. The summed E-state index contributed by atoms with van der Waals surface area (Å²) in [7, 11) is 0. The normalized spacial score (nSPS) is 14.5. The molecular weight excluding hydrogens is 348 g/mol. The molecule has 7 nitrogen and oxygen atoms in total. The third kappa shape index (κ3) is 3.66. The third-order valence-corrected chi connectivity index (χ3v) is 3.96. The summed E-state index contributed by atoms with van der Waals surface area (Å²) >= 11 is 5.84. The Kier molecular flexibility index (Phi) is 4.76. The summed E-state index contributed by atoms with van der Waals surface area (Å²) in [6.07, 6.45) is 1.31. The number of hydrogen-bond donors (Lipinski definition) is 0. The summed E-state index contributed by atoms with van der Waals surface area (Å²) in [6, 6.07) is 7.60. The Morgan fingerprint density at radius 2 is 1.96 bits per heavy atom. The van der Waals surface area contributed by atoms with Crippen LogP contribution in [0.1, 0.15) is 24.1 Å². The van der Waals surface area contributed by atoms with Crippen LogP contribution in [0.5, 0.6) is 17.2 Å². The molecule has 25 heavy (non-hydrogen) atoms. The maximum Gasteiger partial charge on any atom is 0.263 e. The lowest BCUT2D eigenvalue weighted by Gasteiger charge is -2.19. The minimum atomic E-state index is -0.754. The smallest absolute Gasteiger partial charge is 0.263 e. The van der Waals surface area contributed by atoms with Gasteiger partial charge in [-0.1, -0.05) is 17.7 Å². The SMILES string of the molecule is C[C@@H](N=Cc1cc(Cl)cc([N+](=O)[O-])c1[O-])c1ccc2c(c1)OCCO2. The van der Waals surface area contributed by atoms with Crippen molar-refractivity contribution in [3.63, 3.8) is 0 Å². The van der Waals surface area contributed by atoms with E-state index in [-0.39, 0.29) is 16.6 Å². The van der Waals surface area contributed by atoms with Gasteiger partial charge in [0.25, 0.3) is 5.69 Å². The molecule has 0 saturated carbocycles. The highest BCUT2D eigenvalue weighted by atomic mass is 35.5. The predicted octanol–water partition coefficient (Wildman–Crippen LogP) is 3.27. The molecule has 0 aliphatic carbocycles. The number of rotatable bonds is 4. The van der Waals surface area contributed by atoms with E-state index in [0.29, 0.717) is 24.7 Å². The summed E-state index contributed by atoms with van der Waals surface area (Å²) in [5.74, 6) is 0.611. The van der Waals surface area contributed by atoms with Crippen LogP contribution in [0.4, 0.5) is 5.69 Å². The first kappa shape index (κ1) is 17.0. The zero-order valence-corrected chi connectivity index (χ0v) is 14.0. The lowest BCUT2D eigenvalue weighted by molar-refractivity contribution is -0.398. The van der Waals surface area contributed by atoms with Crippen LogP contribution in [0.25, 0.3) is 0 Å². The fourth-order valence-electron chi connectivity index (χ4n) is 2.43. The van der Waals surface area contributed by atoms with Crippen LogP contribution in [-0.4, -0.2) is 24.4 Å². The fraction of sp³-hybridized carbons (Fsp3) is 0.235. The first-order chi connectivity index (χ1) is 12.0. The maximum absolute atomic E-state index is 12.1. The molecule has 0 N–H and O–H groups in total. The lowest BCUT2D eigenvalue weighted by atomic mass is 10.1. The van der Waals surface area contributed by atoms with E-state index in [1.165, 1.54) is 12.3 Å². The average Bonchev–Trinajstić information content (AvgIpc) is 2.61. The van der Waals surface area contributed by atoms with E-state index < -0.39 is 16.4 Å². The Morgan fingerprint density at radius 1 is 1.24 bits per heavy atom. The van der Waals surface area contributed by atoms with Crippen LogP contribution in [0.2, 0.25) is 5.02 Å². The van der Waals surface area contributed by atoms with Crippen molar-refractivity contribution in [2.45, 2.75) is 13.0 Å². The number of benzene rings is 2. The topological polar surface area (TPSA) is 97.0 Å². The van der Waals surface area contributed by atoms with Crippen LogP contribution in [0.15, 0.2) is 35.3 Å². The van der Waals surface area contributed by atoms with Crippen LogP contribution in [0, 0.1) is 10.1 Å². The van der Waals surface area contributed by atoms with Gasteiger partial charge in [0.05, 0.1) is 11.0 Å². The van der Waals surface area contributed by atoms with E-state index in [9.17, 15) is 15.2 Å². The van der Waals surface area contributed by atoms with Crippen LogP contribution in [-0.2, 0) is 0 Å². The van der Waals surface area contributed by atoms with Crippen molar-refractivity contribution in [1.82, 2.24) is 0 Å². The molecule has 2 aromatic rings. The number of ether oxygens (including phenoxy) is 2. The van der Waals surface area contributed by atoms with Crippen LogP contribution < -0.4 is 14.6 Å². The molecule has 1 aliphatic rings. The number of hydrogen-bond acceptors (Lipinski definition) is 6. The van der Waals surface area contributed by atoms with Gasteiger partial charge >= 0.3 is 0 Å². The molecule has 0 unspecified atom stereocenters. The van der Waals surface area contributed by atoms with Gasteiger partial charge in [-0.2, -0.15) is 0 Å². The van der Waals surface area contributed by atoms with Gasteiger partial charge in [-0.15, -0.1) is 0 Å². The van der Waals surface area contributed by atoms with Gasteiger partial charge in [0.2, 0.25) is 0 Å². The van der Waals surface area contributed by atoms with E-state index >= 15 is 0 Å². The molecule has 0 saturated heterocycles. The summed E-state index contributed by atoms with van der Waals surface area (Å²) < 4.78 is 11.0.